The van der Waals surface area contributed by atoms with Crippen molar-refractivity contribution >= 4 is 0 Å². The van der Waals surface area contributed by atoms with E-state index in [1.54, 1.807) is 0 Å². The molecule has 0 bridgehead atoms. The summed E-state index contributed by atoms with van der Waals surface area (Å²) in [6, 6.07) is 17.4. The van der Waals surface area contributed by atoms with Gasteiger partial charge in [-0.2, -0.15) is 0 Å². The van der Waals surface area contributed by atoms with Crippen LogP contribution >= 0.6 is 0 Å². The smallest absolute Gasteiger partial charge is 0.183 e. The molecule has 1 saturated heterocycles. The lowest BCUT2D eigenvalue weighted by Gasteiger charge is -2.37. The first kappa shape index (κ1) is 26.4. The van der Waals surface area contributed by atoms with Crippen LogP contribution < -0.4 is 0 Å². The minimum atomic E-state index is -0.245. The van der Waals surface area contributed by atoms with Gasteiger partial charge in [0.2, 0.25) is 0 Å². The summed E-state index contributed by atoms with van der Waals surface area (Å²) in [5.41, 5.74) is 5.31. The second-order valence-corrected chi connectivity index (χ2v) is 9.51. The van der Waals surface area contributed by atoms with Crippen molar-refractivity contribution in [1.29, 1.82) is 0 Å². The predicted molar refractivity (Wildman–Crippen MR) is 131 cm³/mol. The van der Waals surface area contributed by atoms with Crippen molar-refractivity contribution in [2.24, 2.45) is 11.3 Å². The summed E-state index contributed by atoms with van der Waals surface area (Å²) in [5.74, 6) is 0.444. The summed E-state index contributed by atoms with van der Waals surface area (Å²) in [6.07, 6.45) is -0.245. The lowest BCUT2D eigenvalue weighted by atomic mass is 9.81. The molecule has 2 nitrogen and oxygen atoms in total. The highest BCUT2D eigenvalue weighted by atomic mass is 16.7. The molecule has 0 saturated carbocycles. The van der Waals surface area contributed by atoms with E-state index in [1.807, 2.05) is 27.7 Å². The van der Waals surface area contributed by atoms with Crippen molar-refractivity contribution in [1.82, 2.24) is 0 Å². The third kappa shape index (κ3) is 7.25. The van der Waals surface area contributed by atoms with Gasteiger partial charge in [0.05, 0.1) is 13.2 Å². The van der Waals surface area contributed by atoms with Gasteiger partial charge in [0.15, 0.2) is 6.29 Å². The molecule has 1 fully saturated rings. The van der Waals surface area contributed by atoms with E-state index in [9.17, 15) is 0 Å². The van der Waals surface area contributed by atoms with Gasteiger partial charge in [-0.25, -0.2) is 0 Å². The lowest BCUT2D eigenvalue weighted by molar-refractivity contribution is -0.219. The molecule has 2 aromatic rings. The zero-order chi connectivity index (χ0) is 22.9. The van der Waals surface area contributed by atoms with E-state index in [0.29, 0.717) is 5.92 Å². The van der Waals surface area contributed by atoms with Crippen LogP contribution in [0.3, 0.4) is 0 Å². The largest absolute Gasteiger partial charge is 0.348 e. The molecule has 1 heterocycles. The molecular formula is C28H44O2. The summed E-state index contributed by atoms with van der Waals surface area (Å²) in [7, 11) is 0. The van der Waals surface area contributed by atoms with E-state index >= 15 is 0 Å². The molecule has 0 N–H and O–H groups in total. The molecule has 2 aromatic carbocycles. The van der Waals surface area contributed by atoms with Crippen LogP contribution in [0.15, 0.2) is 48.5 Å². The first-order valence-electron chi connectivity index (χ1n) is 11.6. The van der Waals surface area contributed by atoms with Crippen molar-refractivity contribution in [2.45, 2.75) is 80.9 Å². The zero-order valence-corrected chi connectivity index (χ0v) is 21.0. The van der Waals surface area contributed by atoms with Crippen LogP contribution in [0.1, 0.15) is 86.7 Å². The van der Waals surface area contributed by atoms with Gasteiger partial charge in [-0.1, -0.05) is 118 Å². The monoisotopic (exact) mass is 412 g/mol. The first-order valence-corrected chi connectivity index (χ1v) is 11.6. The Labute approximate surface area is 186 Å². The Morgan fingerprint density at radius 3 is 1.40 bits per heavy atom. The molecule has 1 aliphatic heterocycles. The van der Waals surface area contributed by atoms with Crippen LogP contribution in [0.2, 0.25) is 0 Å². The first-order chi connectivity index (χ1) is 14.1. The Balaban J connectivity index is 0.00000106. The maximum Gasteiger partial charge on any atom is 0.183 e. The molecule has 1 aliphatic rings. The summed E-state index contributed by atoms with van der Waals surface area (Å²) in [6.45, 7) is 23.0. The number of hydrogen-bond acceptors (Lipinski definition) is 2. The Bertz CT molecular complexity index is 707. The standard InChI is InChI=1S/C24H32O2.2C2H6/c1-23(2,3)20-13-11-18(12-14-20)17-7-9-19(10-8-17)22-25-15-21(16-26-22)24(4,5)6;2*1-2/h7-14,21-22H,15-16H2,1-6H3;2*1-2H3. The Hall–Kier alpha value is -1.64. The van der Waals surface area contributed by atoms with Crippen molar-refractivity contribution in [3.8, 4) is 11.1 Å². The highest BCUT2D eigenvalue weighted by molar-refractivity contribution is 5.64. The highest BCUT2D eigenvalue weighted by Crippen LogP contribution is 2.34. The minimum absolute atomic E-state index is 0.183. The topological polar surface area (TPSA) is 18.5 Å². The summed E-state index contributed by atoms with van der Waals surface area (Å²) >= 11 is 0. The summed E-state index contributed by atoms with van der Waals surface area (Å²) in [5, 5.41) is 0. The molecule has 0 spiro atoms. The fourth-order valence-corrected chi connectivity index (χ4v) is 3.19. The third-order valence-corrected chi connectivity index (χ3v) is 5.39. The van der Waals surface area contributed by atoms with E-state index < -0.39 is 0 Å². The zero-order valence-electron chi connectivity index (χ0n) is 21.0. The van der Waals surface area contributed by atoms with Gasteiger partial charge >= 0.3 is 0 Å². The fourth-order valence-electron chi connectivity index (χ4n) is 3.19. The van der Waals surface area contributed by atoms with E-state index in [-0.39, 0.29) is 17.1 Å². The third-order valence-electron chi connectivity index (χ3n) is 5.39. The fraction of sp³-hybridized carbons (Fsp3) is 0.571. The van der Waals surface area contributed by atoms with E-state index in [4.69, 9.17) is 9.47 Å². The van der Waals surface area contributed by atoms with Gasteiger partial charge < -0.3 is 9.47 Å². The number of hydrogen-bond donors (Lipinski definition) is 0. The van der Waals surface area contributed by atoms with Crippen LogP contribution in [0.25, 0.3) is 11.1 Å². The molecule has 2 heteroatoms. The second kappa shape index (κ2) is 11.7. The van der Waals surface area contributed by atoms with Gasteiger partial charge in [0, 0.05) is 11.5 Å². The van der Waals surface area contributed by atoms with Crippen LogP contribution in [-0.2, 0) is 14.9 Å². The predicted octanol–water partition coefficient (Wildman–Crippen LogP) is 8.41. The van der Waals surface area contributed by atoms with Crippen LogP contribution in [0.5, 0.6) is 0 Å². The summed E-state index contributed by atoms with van der Waals surface area (Å²) in [4.78, 5) is 0. The van der Waals surface area contributed by atoms with E-state index in [1.165, 1.54) is 16.7 Å². The molecule has 0 unspecified atom stereocenters. The van der Waals surface area contributed by atoms with Gasteiger partial charge in [-0.05, 0) is 27.5 Å². The molecule has 3 rings (SSSR count). The number of rotatable bonds is 2. The maximum absolute atomic E-state index is 5.98. The number of ether oxygens (including phenoxy) is 2. The minimum Gasteiger partial charge on any atom is -0.348 e. The van der Waals surface area contributed by atoms with E-state index in [2.05, 4.69) is 90.1 Å². The van der Waals surface area contributed by atoms with Crippen molar-refractivity contribution in [3.63, 3.8) is 0 Å². The number of benzene rings is 2. The van der Waals surface area contributed by atoms with Gasteiger partial charge in [-0.15, -0.1) is 0 Å². The van der Waals surface area contributed by atoms with Crippen molar-refractivity contribution < 1.29 is 9.47 Å². The average Bonchev–Trinajstić information content (AvgIpc) is 2.76. The quantitative estimate of drug-likeness (QED) is 0.493. The van der Waals surface area contributed by atoms with Gasteiger partial charge in [0.1, 0.15) is 0 Å². The normalized spacial score (nSPS) is 19.1. The van der Waals surface area contributed by atoms with Gasteiger partial charge in [0.25, 0.3) is 0 Å². The molecule has 0 aromatic heterocycles. The maximum atomic E-state index is 5.98. The lowest BCUT2D eigenvalue weighted by Crippen LogP contribution is -2.35. The Morgan fingerprint density at radius 1 is 0.633 bits per heavy atom. The summed E-state index contributed by atoms with van der Waals surface area (Å²) < 4.78 is 12.0. The average molecular weight is 413 g/mol. The molecule has 0 radical (unpaired) electrons. The molecule has 0 atom stereocenters. The van der Waals surface area contributed by atoms with Crippen molar-refractivity contribution in [2.75, 3.05) is 13.2 Å². The highest BCUT2D eigenvalue weighted by Gasteiger charge is 2.31. The van der Waals surface area contributed by atoms with Crippen LogP contribution in [-0.4, -0.2) is 13.2 Å². The van der Waals surface area contributed by atoms with Crippen LogP contribution in [0.4, 0.5) is 0 Å². The molecule has 30 heavy (non-hydrogen) atoms. The molecular weight excluding hydrogens is 368 g/mol. The molecule has 0 aliphatic carbocycles. The molecule has 0 amide bonds. The van der Waals surface area contributed by atoms with Crippen molar-refractivity contribution in [3.05, 3.63) is 59.7 Å². The van der Waals surface area contributed by atoms with Gasteiger partial charge in [-0.3, -0.25) is 0 Å². The second-order valence-electron chi connectivity index (χ2n) is 9.51. The molecule has 168 valence electrons. The Morgan fingerprint density at radius 2 is 1.03 bits per heavy atom. The van der Waals surface area contributed by atoms with Crippen LogP contribution in [0, 0.1) is 11.3 Å². The van der Waals surface area contributed by atoms with E-state index in [0.717, 1.165) is 18.8 Å². The SMILES string of the molecule is CC.CC.CC(C)(C)c1ccc(-c2ccc(C3OCC(C(C)(C)C)CO3)cc2)cc1. The Kier molecular flexibility index (Phi) is 10.3.